The maximum atomic E-state index is 13.3. The summed E-state index contributed by atoms with van der Waals surface area (Å²) in [5.41, 5.74) is 1.58. The Bertz CT molecular complexity index is 842. The van der Waals surface area contributed by atoms with Crippen molar-refractivity contribution in [2.45, 2.75) is 26.1 Å². The lowest BCUT2D eigenvalue weighted by Gasteiger charge is -2.38. The van der Waals surface area contributed by atoms with Crippen LogP contribution in [-0.2, 0) is 4.74 Å². The molecule has 2 atom stereocenters. The van der Waals surface area contributed by atoms with E-state index in [0.717, 1.165) is 18.1 Å². The highest BCUT2D eigenvalue weighted by Gasteiger charge is 2.28. The number of amides is 1. The second-order valence-electron chi connectivity index (χ2n) is 7.25. The highest BCUT2D eigenvalue weighted by atomic mass is 19.1. The molecule has 1 heterocycles. The smallest absolute Gasteiger partial charge is 0.251 e. The normalized spacial score (nSPS) is 19.4. The van der Waals surface area contributed by atoms with Gasteiger partial charge in [-0.2, -0.15) is 0 Å². The standard InChI is InChI=1S/C23H29FN4O2/c1-3-25-23(27-14-13-26-22(29)19-7-5-4-6-8-19)28-15-17(2)30-21(16-28)18-9-11-20(24)12-10-18/h4-12,17,21H,3,13-16H2,1-2H3,(H,25,27)(H,26,29). The molecule has 0 bridgehead atoms. The number of nitrogens with one attached hydrogen (secondary N) is 2. The Morgan fingerprint density at radius 1 is 1.13 bits per heavy atom. The fourth-order valence-electron chi connectivity index (χ4n) is 3.43. The molecule has 30 heavy (non-hydrogen) atoms. The summed E-state index contributed by atoms with van der Waals surface area (Å²) in [5, 5.41) is 6.22. The zero-order chi connectivity index (χ0) is 21.3. The maximum Gasteiger partial charge on any atom is 0.251 e. The first-order valence-corrected chi connectivity index (χ1v) is 10.3. The van der Waals surface area contributed by atoms with Gasteiger partial charge < -0.3 is 20.3 Å². The summed E-state index contributed by atoms with van der Waals surface area (Å²) in [4.78, 5) is 19.0. The topological polar surface area (TPSA) is 66.0 Å². The van der Waals surface area contributed by atoms with Crippen molar-refractivity contribution in [3.05, 3.63) is 71.5 Å². The summed E-state index contributed by atoms with van der Waals surface area (Å²) < 4.78 is 19.3. The number of aliphatic imine (C=N–C) groups is 1. The molecule has 0 spiro atoms. The monoisotopic (exact) mass is 412 g/mol. The summed E-state index contributed by atoms with van der Waals surface area (Å²) in [6.45, 7) is 7.03. The zero-order valence-electron chi connectivity index (χ0n) is 17.5. The van der Waals surface area contributed by atoms with Crippen LogP contribution in [0.3, 0.4) is 0 Å². The lowest BCUT2D eigenvalue weighted by atomic mass is 10.1. The van der Waals surface area contributed by atoms with Gasteiger partial charge in [0.2, 0.25) is 0 Å². The molecule has 1 fully saturated rings. The Kier molecular flexibility index (Phi) is 7.79. The molecule has 7 heteroatoms. The van der Waals surface area contributed by atoms with Crippen molar-refractivity contribution in [3.63, 3.8) is 0 Å². The molecular weight excluding hydrogens is 383 g/mol. The number of ether oxygens (including phenoxy) is 1. The molecule has 2 aromatic rings. The van der Waals surface area contributed by atoms with Gasteiger partial charge in [-0.25, -0.2) is 4.39 Å². The minimum atomic E-state index is -0.257. The van der Waals surface area contributed by atoms with E-state index in [1.165, 1.54) is 12.1 Å². The zero-order valence-corrected chi connectivity index (χ0v) is 17.5. The fraction of sp³-hybridized carbons (Fsp3) is 0.391. The molecule has 0 radical (unpaired) electrons. The Labute approximate surface area is 177 Å². The lowest BCUT2D eigenvalue weighted by Crippen LogP contribution is -2.51. The number of carbonyl (C=O) groups excluding carboxylic acids is 1. The van der Waals surface area contributed by atoms with Gasteiger partial charge in [-0.3, -0.25) is 9.79 Å². The van der Waals surface area contributed by atoms with Crippen molar-refractivity contribution in [2.24, 2.45) is 4.99 Å². The molecule has 1 saturated heterocycles. The first kappa shape index (κ1) is 21.8. The van der Waals surface area contributed by atoms with Gasteiger partial charge >= 0.3 is 0 Å². The van der Waals surface area contributed by atoms with E-state index in [1.54, 1.807) is 24.3 Å². The number of nitrogens with zero attached hydrogens (tertiary/aromatic N) is 2. The maximum absolute atomic E-state index is 13.3. The van der Waals surface area contributed by atoms with E-state index in [-0.39, 0.29) is 23.9 Å². The third kappa shape index (κ3) is 6.03. The van der Waals surface area contributed by atoms with Crippen molar-refractivity contribution in [3.8, 4) is 0 Å². The molecule has 1 aliphatic heterocycles. The van der Waals surface area contributed by atoms with Crippen LogP contribution in [0.4, 0.5) is 4.39 Å². The number of carbonyl (C=O) groups is 1. The van der Waals surface area contributed by atoms with Crippen LogP contribution in [0.15, 0.2) is 59.6 Å². The predicted molar refractivity (Wildman–Crippen MR) is 116 cm³/mol. The van der Waals surface area contributed by atoms with Gasteiger partial charge in [-0.15, -0.1) is 0 Å². The average Bonchev–Trinajstić information content (AvgIpc) is 2.76. The minimum absolute atomic E-state index is 0.00967. The quantitative estimate of drug-likeness (QED) is 0.435. The molecule has 1 amide bonds. The number of guanidine groups is 1. The summed E-state index contributed by atoms with van der Waals surface area (Å²) in [6.07, 6.45) is -0.147. The molecule has 0 aliphatic carbocycles. The number of benzene rings is 2. The first-order valence-electron chi connectivity index (χ1n) is 10.3. The fourth-order valence-corrected chi connectivity index (χ4v) is 3.43. The van der Waals surface area contributed by atoms with Crippen molar-refractivity contribution in [1.29, 1.82) is 0 Å². The van der Waals surface area contributed by atoms with Crippen LogP contribution >= 0.6 is 0 Å². The summed E-state index contributed by atoms with van der Waals surface area (Å²) >= 11 is 0. The Morgan fingerprint density at radius 3 is 2.57 bits per heavy atom. The van der Waals surface area contributed by atoms with Crippen molar-refractivity contribution in [1.82, 2.24) is 15.5 Å². The SMILES string of the molecule is CCNC(=NCCNC(=O)c1ccccc1)N1CC(C)OC(c2ccc(F)cc2)C1. The van der Waals surface area contributed by atoms with E-state index in [9.17, 15) is 9.18 Å². The van der Waals surface area contributed by atoms with Gasteiger partial charge in [0.25, 0.3) is 5.91 Å². The average molecular weight is 413 g/mol. The first-order chi connectivity index (χ1) is 14.6. The van der Waals surface area contributed by atoms with Crippen LogP contribution in [0.1, 0.15) is 35.9 Å². The van der Waals surface area contributed by atoms with E-state index in [4.69, 9.17) is 4.74 Å². The van der Waals surface area contributed by atoms with Crippen molar-refractivity contribution in [2.75, 3.05) is 32.7 Å². The third-order valence-corrected chi connectivity index (χ3v) is 4.83. The number of hydrogen-bond donors (Lipinski definition) is 2. The number of rotatable bonds is 6. The van der Waals surface area contributed by atoms with E-state index in [0.29, 0.717) is 31.7 Å². The highest BCUT2D eigenvalue weighted by Crippen LogP contribution is 2.25. The third-order valence-electron chi connectivity index (χ3n) is 4.83. The highest BCUT2D eigenvalue weighted by molar-refractivity contribution is 5.94. The second kappa shape index (κ2) is 10.7. The van der Waals surface area contributed by atoms with Crippen LogP contribution < -0.4 is 10.6 Å². The lowest BCUT2D eigenvalue weighted by molar-refractivity contribution is -0.0605. The van der Waals surface area contributed by atoms with Crippen molar-refractivity contribution < 1.29 is 13.9 Å². The van der Waals surface area contributed by atoms with Crippen molar-refractivity contribution >= 4 is 11.9 Å². The van der Waals surface area contributed by atoms with Gasteiger partial charge in [0.05, 0.1) is 19.2 Å². The van der Waals surface area contributed by atoms with Crippen LogP contribution in [0.25, 0.3) is 0 Å². The molecule has 160 valence electrons. The van der Waals surface area contributed by atoms with Gasteiger partial charge in [-0.05, 0) is 43.7 Å². The van der Waals surface area contributed by atoms with Crippen LogP contribution in [0.2, 0.25) is 0 Å². The van der Waals surface area contributed by atoms with E-state index >= 15 is 0 Å². The Hall–Kier alpha value is -2.93. The van der Waals surface area contributed by atoms with Crippen LogP contribution in [-0.4, -0.2) is 55.6 Å². The van der Waals surface area contributed by atoms with Gasteiger partial charge in [-0.1, -0.05) is 30.3 Å². The van der Waals surface area contributed by atoms with E-state index < -0.39 is 0 Å². The number of halogens is 1. The van der Waals surface area contributed by atoms with E-state index in [2.05, 4.69) is 20.5 Å². The largest absolute Gasteiger partial charge is 0.367 e. The molecule has 0 saturated carbocycles. The molecule has 2 N–H and O–H groups in total. The molecule has 6 nitrogen and oxygen atoms in total. The Morgan fingerprint density at radius 2 is 1.87 bits per heavy atom. The Balaban J connectivity index is 1.60. The molecule has 2 unspecified atom stereocenters. The molecule has 2 aromatic carbocycles. The molecular formula is C23H29FN4O2. The van der Waals surface area contributed by atoms with Crippen LogP contribution in [0, 0.1) is 5.82 Å². The van der Waals surface area contributed by atoms with E-state index in [1.807, 2.05) is 32.0 Å². The molecule has 3 rings (SSSR count). The molecule has 0 aromatic heterocycles. The molecule has 1 aliphatic rings. The second-order valence-corrected chi connectivity index (χ2v) is 7.25. The van der Waals surface area contributed by atoms with Crippen LogP contribution in [0.5, 0.6) is 0 Å². The van der Waals surface area contributed by atoms with Gasteiger partial charge in [0.1, 0.15) is 11.9 Å². The minimum Gasteiger partial charge on any atom is -0.367 e. The number of hydrogen-bond acceptors (Lipinski definition) is 3. The summed E-state index contributed by atoms with van der Waals surface area (Å²) in [5.74, 6) is 0.424. The van der Waals surface area contributed by atoms with Gasteiger partial charge in [0, 0.05) is 25.2 Å². The summed E-state index contributed by atoms with van der Waals surface area (Å²) in [6, 6.07) is 15.6. The van der Waals surface area contributed by atoms with Gasteiger partial charge in [0.15, 0.2) is 5.96 Å². The summed E-state index contributed by atoms with van der Waals surface area (Å²) in [7, 11) is 0. The predicted octanol–water partition coefficient (Wildman–Crippen LogP) is 2.98. The number of morpholine rings is 1.